The summed E-state index contributed by atoms with van der Waals surface area (Å²) in [5.41, 5.74) is 3.58. The van der Waals surface area contributed by atoms with Crippen LogP contribution in [-0.4, -0.2) is 85.5 Å². The summed E-state index contributed by atoms with van der Waals surface area (Å²) >= 11 is 6.41. The van der Waals surface area contributed by atoms with E-state index in [2.05, 4.69) is 17.0 Å². The second-order valence-electron chi connectivity index (χ2n) is 10.2. The molecule has 3 aliphatic heterocycles. The van der Waals surface area contributed by atoms with Gasteiger partial charge in [0.15, 0.2) is 15.5 Å². The molecule has 7 rings (SSSR count). The first-order valence-corrected chi connectivity index (χ1v) is 14.9. The first-order valence-electron chi connectivity index (χ1n) is 12.9. The number of fused-ring (bicyclic) bond motifs is 4. The van der Waals surface area contributed by atoms with Crippen LogP contribution in [0.3, 0.4) is 0 Å². The van der Waals surface area contributed by atoms with Gasteiger partial charge in [-0.2, -0.15) is 5.10 Å². The van der Waals surface area contributed by atoms with Crippen LogP contribution in [0.25, 0.3) is 16.9 Å². The summed E-state index contributed by atoms with van der Waals surface area (Å²) in [5, 5.41) is 4.95. The normalized spacial score (nSPS) is 23.9. The van der Waals surface area contributed by atoms with Gasteiger partial charge in [-0.05, 0) is 30.2 Å². The maximum absolute atomic E-state index is 13.8. The van der Waals surface area contributed by atoms with Crippen LogP contribution in [0.2, 0.25) is 5.02 Å². The zero-order chi connectivity index (χ0) is 26.0. The molecule has 198 valence electrons. The highest BCUT2D eigenvalue weighted by molar-refractivity contribution is 7.91. The van der Waals surface area contributed by atoms with E-state index in [1.54, 1.807) is 27.8 Å². The number of ether oxygens (including phenoxy) is 2. The first kappa shape index (κ1) is 24.3. The molecule has 3 fully saturated rings. The van der Waals surface area contributed by atoms with Crippen molar-refractivity contribution >= 4 is 27.3 Å². The maximum Gasteiger partial charge on any atom is 0.275 e. The van der Waals surface area contributed by atoms with Crippen molar-refractivity contribution < 1.29 is 22.7 Å². The average Bonchev–Trinajstić information content (AvgIpc) is 3.62. The Bertz CT molecular complexity index is 1530. The molecule has 11 heteroatoms. The highest BCUT2D eigenvalue weighted by Crippen LogP contribution is 2.44. The Morgan fingerprint density at radius 3 is 2.63 bits per heavy atom. The fourth-order valence-corrected chi connectivity index (χ4v) is 7.97. The smallest absolute Gasteiger partial charge is 0.275 e. The van der Waals surface area contributed by atoms with Gasteiger partial charge >= 0.3 is 0 Å². The van der Waals surface area contributed by atoms with E-state index in [0.717, 1.165) is 50.5 Å². The van der Waals surface area contributed by atoms with Gasteiger partial charge in [0.2, 0.25) is 0 Å². The van der Waals surface area contributed by atoms with Crippen molar-refractivity contribution in [2.75, 3.05) is 39.5 Å². The number of nitrogens with zero attached hydrogens (tertiary/aromatic N) is 4. The van der Waals surface area contributed by atoms with Crippen LogP contribution in [0.4, 0.5) is 0 Å². The highest BCUT2D eigenvalue weighted by atomic mass is 35.5. The summed E-state index contributed by atoms with van der Waals surface area (Å²) in [7, 11) is -3.76. The lowest BCUT2D eigenvalue weighted by molar-refractivity contribution is 0.0258. The second-order valence-corrected chi connectivity index (χ2v) is 12.6. The third-order valence-electron chi connectivity index (χ3n) is 7.77. The summed E-state index contributed by atoms with van der Waals surface area (Å²) in [6, 6.07) is 13.1. The molecule has 4 aliphatic rings. The Kier molecular flexibility index (Phi) is 5.86. The fraction of sp³-hybridized carbons (Fsp3) is 0.407. The van der Waals surface area contributed by atoms with Crippen LogP contribution in [0.5, 0.6) is 0 Å². The van der Waals surface area contributed by atoms with Crippen LogP contribution in [0, 0.1) is 0 Å². The van der Waals surface area contributed by atoms with Crippen molar-refractivity contribution in [2.45, 2.75) is 35.8 Å². The predicted molar refractivity (Wildman–Crippen MR) is 140 cm³/mol. The lowest BCUT2D eigenvalue weighted by Gasteiger charge is -2.26. The summed E-state index contributed by atoms with van der Waals surface area (Å²) in [4.78, 5) is 18.0. The SMILES string of the molecule is O=C(c1nn(-c2ccc(CN3CCOCC3)cc2)c2c1CS(=O)(=O)c1c(Cl)cccc1-2)N1CCO[C@H]2C[C@H]21. The van der Waals surface area contributed by atoms with E-state index in [1.165, 1.54) is 0 Å². The number of carbonyl (C=O) groups excluding carboxylic acids is 1. The molecule has 9 nitrogen and oxygen atoms in total. The molecule has 3 aromatic rings. The number of rotatable bonds is 4. The molecule has 1 saturated carbocycles. The molecule has 2 saturated heterocycles. The van der Waals surface area contributed by atoms with Gasteiger partial charge in [-0.25, -0.2) is 13.1 Å². The summed E-state index contributed by atoms with van der Waals surface area (Å²) in [5.74, 6) is -0.575. The van der Waals surface area contributed by atoms with Crippen LogP contribution < -0.4 is 0 Å². The quantitative estimate of drug-likeness (QED) is 0.489. The average molecular weight is 555 g/mol. The van der Waals surface area contributed by atoms with Crippen molar-refractivity contribution in [3.8, 4) is 16.9 Å². The number of carbonyl (C=O) groups is 1. The second kappa shape index (κ2) is 9.17. The molecular weight excluding hydrogens is 528 g/mol. The Morgan fingerprint density at radius 1 is 1.05 bits per heavy atom. The van der Waals surface area contributed by atoms with Crippen LogP contribution in [0.15, 0.2) is 47.4 Å². The Hall–Kier alpha value is -2.76. The molecular formula is C27H27ClN4O5S. The van der Waals surface area contributed by atoms with Gasteiger partial charge in [0.25, 0.3) is 5.91 Å². The third kappa shape index (κ3) is 4.06. The number of sulfone groups is 1. The Morgan fingerprint density at radius 2 is 1.84 bits per heavy atom. The van der Waals surface area contributed by atoms with Gasteiger partial charge in [-0.15, -0.1) is 0 Å². The summed E-state index contributed by atoms with van der Waals surface area (Å²) < 4.78 is 39.6. The highest BCUT2D eigenvalue weighted by Gasteiger charge is 2.49. The third-order valence-corrected chi connectivity index (χ3v) is 9.93. The van der Waals surface area contributed by atoms with E-state index in [4.69, 9.17) is 26.2 Å². The van der Waals surface area contributed by atoms with Gasteiger partial charge in [0.1, 0.15) is 0 Å². The lowest BCUT2D eigenvalue weighted by atomic mass is 10.0. The molecule has 2 atom stereocenters. The molecule has 0 unspecified atom stereocenters. The Labute approximate surface area is 225 Å². The van der Waals surface area contributed by atoms with Gasteiger partial charge in [0.05, 0.1) is 59.0 Å². The molecule has 2 aromatic carbocycles. The number of aromatic nitrogens is 2. The minimum atomic E-state index is -3.76. The van der Waals surface area contributed by atoms with Crippen LogP contribution >= 0.6 is 11.6 Å². The minimum absolute atomic E-state index is 0.0263. The van der Waals surface area contributed by atoms with Crippen molar-refractivity contribution in [2.24, 2.45) is 0 Å². The van der Waals surface area contributed by atoms with Gasteiger partial charge in [-0.1, -0.05) is 35.9 Å². The maximum atomic E-state index is 13.8. The van der Waals surface area contributed by atoms with E-state index in [0.29, 0.717) is 30.0 Å². The zero-order valence-electron chi connectivity index (χ0n) is 20.7. The van der Waals surface area contributed by atoms with Crippen LogP contribution in [0.1, 0.15) is 28.0 Å². The number of morpholine rings is 2. The van der Waals surface area contributed by atoms with Gasteiger partial charge in [0, 0.05) is 37.3 Å². The van der Waals surface area contributed by atoms with E-state index < -0.39 is 9.84 Å². The number of hydrogen-bond acceptors (Lipinski definition) is 7. The molecule has 0 bridgehead atoms. The summed E-state index contributed by atoms with van der Waals surface area (Å²) in [6.45, 7) is 5.03. The zero-order valence-corrected chi connectivity index (χ0v) is 22.2. The van der Waals surface area contributed by atoms with Crippen molar-refractivity contribution in [1.82, 2.24) is 19.6 Å². The molecule has 1 aromatic heterocycles. The van der Waals surface area contributed by atoms with Crippen molar-refractivity contribution in [1.29, 1.82) is 0 Å². The topological polar surface area (TPSA) is 94.0 Å². The van der Waals surface area contributed by atoms with E-state index >= 15 is 0 Å². The molecule has 0 radical (unpaired) electrons. The van der Waals surface area contributed by atoms with E-state index in [1.807, 2.05) is 12.1 Å². The van der Waals surface area contributed by atoms with Crippen molar-refractivity contribution in [3.05, 3.63) is 64.3 Å². The molecule has 0 N–H and O–H groups in total. The van der Waals surface area contributed by atoms with E-state index in [-0.39, 0.29) is 39.4 Å². The number of benzene rings is 2. The molecule has 1 aliphatic carbocycles. The molecule has 1 amide bonds. The number of amides is 1. The Balaban J connectivity index is 1.33. The number of halogens is 1. The monoisotopic (exact) mass is 554 g/mol. The van der Waals surface area contributed by atoms with Gasteiger partial charge in [-0.3, -0.25) is 9.69 Å². The standard InChI is InChI=1S/C27H27ClN4O5S/c28-21-3-1-2-19-25-20(16-38(34,35)26(19)21)24(27(33)31-10-13-37-23-14-22(23)31)29-32(25)18-6-4-17(5-7-18)15-30-8-11-36-12-9-30/h1-7,22-23H,8-16H2/t22-,23+/m1/s1. The number of hydrogen-bond donors (Lipinski definition) is 0. The van der Waals surface area contributed by atoms with Gasteiger partial charge < -0.3 is 14.4 Å². The largest absolute Gasteiger partial charge is 0.379 e. The van der Waals surface area contributed by atoms with Crippen molar-refractivity contribution in [3.63, 3.8) is 0 Å². The summed E-state index contributed by atoms with van der Waals surface area (Å²) in [6.07, 6.45) is 0.864. The molecule has 0 spiro atoms. The van der Waals surface area contributed by atoms with E-state index in [9.17, 15) is 13.2 Å². The minimum Gasteiger partial charge on any atom is -0.379 e. The predicted octanol–water partition coefficient (Wildman–Crippen LogP) is 2.93. The molecule has 4 heterocycles. The molecule has 38 heavy (non-hydrogen) atoms. The fourth-order valence-electron chi connectivity index (χ4n) is 5.78. The first-order chi connectivity index (χ1) is 18.4. The lowest BCUT2D eigenvalue weighted by Crippen LogP contribution is -2.41. The van der Waals surface area contributed by atoms with Crippen LogP contribution in [-0.2, 0) is 31.6 Å².